The van der Waals surface area contributed by atoms with Gasteiger partial charge in [0.15, 0.2) is 0 Å². The predicted molar refractivity (Wildman–Crippen MR) is 65.4 cm³/mol. The molecule has 2 rings (SSSR count). The number of piperazine rings is 1. The number of nitrogens with one attached hydrogen (secondary N) is 1. The highest BCUT2D eigenvalue weighted by Gasteiger charge is 2.56. The minimum absolute atomic E-state index is 0.0563. The molecular weight excluding hydrogens is 216 g/mol. The van der Waals surface area contributed by atoms with Crippen LogP contribution < -0.4 is 5.32 Å². The van der Waals surface area contributed by atoms with E-state index in [4.69, 9.17) is 0 Å². The van der Waals surface area contributed by atoms with E-state index in [9.17, 15) is 9.59 Å². The Labute approximate surface area is 103 Å². The molecule has 1 saturated carbocycles. The Kier molecular flexibility index (Phi) is 2.92. The van der Waals surface area contributed by atoms with Crippen LogP contribution in [0.25, 0.3) is 0 Å². The minimum atomic E-state index is -0.667. The Morgan fingerprint density at radius 1 is 1.18 bits per heavy atom. The molecular formula is C13H22N2O2. The number of carbonyl (C=O) groups is 2. The Hall–Kier alpha value is -1.06. The average Bonchev–Trinajstić information content (AvgIpc) is 2.83. The molecule has 1 aliphatic carbocycles. The Morgan fingerprint density at radius 2 is 1.71 bits per heavy atom. The third-order valence-electron chi connectivity index (χ3n) is 4.77. The van der Waals surface area contributed by atoms with Crippen LogP contribution in [0.3, 0.4) is 0 Å². The van der Waals surface area contributed by atoms with Gasteiger partial charge in [0.1, 0.15) is 11.1 Å². The first-order chi connectivity index (χ1) is 8.02. The van der Waals surface area contributed by atoms with Crippen LogP contribution in [0, 0.1) is 0 Å². The first-order valence-corrected chi connectivity index (χ1v) is 6.63. The van der Waals surface area contributed by atoms with Crippen LogP contribution >= 0.6 is 0 Å². The molecule has 0 unspecified atom stereocenters. The number of rotatable bonds is 2. The van der Waals surface area contributed by atoms with Crippen LogP contribution in [-0.4, -0.2) is 34.8 Å². The van der Waals surface area contributed by atoms with Crippen molar-refractivity contribution in [1.29, 1.82) is 0 Å². The molecule has 0 aromatic rings. The van der Waals surface area contributed by atoms with Crippen molar-refractivity contribution in [3.63, 3.8) is 0 Å². The van der Waals surface area contributed by atoms with Crippen molar-refractivity contribution in [3.05, 3.63) is 0 Å². The lowest BCUT2D eigenvalue weighted by Gasteiger charge is -2.49. The highest BCUT2D eigenvalue weighted by atomic mass is 16.2. The van der Waals surface area contributed by atoms with Gasteiger partial charge in [0.05, 0.1) is 0 Å². The quantitative estimate of drug-likeness (QED) is 0.791. The summed E-state index contributed by atoms with van der Waals surface area (Å²) in [7, 11) is 1.80. The van der Waals surface area contributed by atoms with E-state index in [0.717, 1.165) is 25.7 Å². The van der Waals surface area contributed by atoms with E-state index in [1.165, 1.54) is 0 Å². The van der Waals surface area contributed by atoms with Gasteiger partial charge in [0.25, 0.3) is 0 Å². The van der Waals surface area contributed by atoms with E-state index in [1.54, 1.807) is 11.9 Å². The second-order valence-corrected chi connectivity index (χ2v) is 5.35. The summed E-state index contributed by atoms with van der Waals surface area (Å²) in [6.45, 7) is 3.92. The molecule has 17 heavy (non-hydrogen) atoms. The van der Waals surface area contributed by atoms with Crippen LogP contribution in [0.2, 0.25) is 0 Å². The zero-order chi connectivity index (χ0) is 12.7. The summed E-state index contributed by atoms with van der Waals surface area (Å²) in [5.41, 5.74) is -1.22. The maximum Gasteiger partial charge on any atom is 0.248 e. The Balaban J connectivity index is 2.36. The van der Waals surface area contributed by atoms with E-state index in [-0.39, 0.29) is 11.8 Å². The molecule has 0 bridgehead atoms. The zero-order valence-electron chi connectivity index (χ0n) is 11.0. The standard InChI is InChI=1S/C13H22N2O2/c1-4-12(5-2)11(17)15(3)13(10(16)14-12)8-6-7-9-13/h4-9H2,1-3H3,(H,14,16). The van der Waals surface area contributed by atoms with Gasteiger partial charge in [0, 0.05) is 7.05 Å². The molecule has 2 amide bonds. The van der Waals surface area contributed by atoms with Crippen LogP contribution in [0.5, 0.6) is 0 Å². The molecule has 1 aliphatic heterocycles. The Bertz CT molecular complexity index is 341. The van der Waals surface area contributed by atoms with Gasteiger partial charge in [-0.25, -0.2) is 0 Å². The summed E-state index contributed by atoms with van der Waals surface area (Å²) in [5, 5.41) is 3.01. The van der Waals surface area contributed by atoms with Gasteiger partial charge in [-0.1, -0.05) is 26.7 Å². The first-order valence-electron chi connectivity index (χ1n) is 6.63. The molecule has 4 heteroatoms. The van der Waals surface area contributed by atoms with E-state index < -0.39 is 11.1 Å². The van der Waals surface area contributed by atoms with Crippen LogP contribution in [0.1, 0.15) is 52.4 Å². The van der Waals surface area contributed by atoms with Crippen LogP contribution in [-0.2, 0) is 9.59 Å². The number of nitrogens with zero attached hydrogens (tertiary/aromatic N) is 1. The summed E-state index contributed by atoms with van der Waals surface area (Å²) in [6, 6.07) is 0. The van der Waals surface area contributed by atoms with Gasteiger partial charge in [0.2, 0.25) is 11.8 Å². The number of amides is 2. The van der Waals surface area contributed by atoms with Crippen LogP contribution in [0.4, 0.5) is 0 Å². The third kappa shape index (κ3) is 1.49. The largest absolute Gasteiger partial charge is 0.340 e. The van der Waals surface area contributed by atoms with Crippen LogP contribution in [0.15, 0.2) is 0 Å². The summed E-state index contributed by atoms with van der Waals surface area (Å²) in [5.74, 6) is 0.143. The molecule has 0 atom stereocenters. The first kappa shape index (κ1) is 12.4. The maximum atomic E-state index is 12.5. The molecule has 0 radical (unpaired) electrons. The fourth-order valence-corrected chi connectivity index (χ4v) is 3.31. The maximum absolute atomic E-state index is 12.5. The SMILES string of the molecule is CCC1(CC)NC(=O)C2(CCCC2)N(C)C1=O. The van der Waals surface area contributed by atoms with Gasteiger partial charge in [-0.05, 0) is 25.7 Å². The lowest BCUT2D eigenvalue weighted by atomic mass is 9.81. The van der Waals surface area contributed by atoms with Gasteiger partial charge in [-0.2, -0.15) is 0 Å². The summed E-state index contributed by atoms with van der Waals surface area (Å²) < 4.78 is 0. The van der Waals surface area contributed by atoms with Crippen molar-refractivity contribution in [2.45, 2.75) is 63.5 Å². The molecule has 2 aliphatic rings. The van der Waals surface area contributed by atoms with Crippen molar-refractivity contribution in [2.24, 2.45) is 0 Å². The van der Waals surface area contributed by atoms with Crippen molar-refractivity contribution >= 4 is 11.8 Å². The molecule has 0 aromatic carbocycles. The predicted octanol–water partition coefficient (Wildman–Crippen LogP) is 1.45. The molecule has 96 valence electrons. The molecule has 2 fully saturated rings. The molecule has 1 spiro atoms. The molecule has 1 saturated heterocycles. The van der Waals surface area contributed by atoms with Gasteiger partial charge in [-0.15, -0.1) is 0 Å². The average molecular weight is 238 g/mol. The zero-order valence-corrected chi connectivity index (χ0v) is 11.0. The lowest BCUT2D eigenvalue weighted by molar-refractivity contribution is -0.161. The molecule has 1 N–H and O–H groups in total. The summed E-state index contributed by atoms with van der Waals surface area (Å²) in [6.07, 6.45) is 5.02. The van der Waals surface area contributed by atoms with E-state index in [2.05, 4.69) is 5.32 Å². The van der Waals surface area contributed by atoms with Crippen molar-refractivity contribution in [2.75, 3.05) is 7.05 Å². The smallest absolute Gasteiger partial charge is 0.248 e. The monoisotopic (exact) mass is 238 g/mol. The molecule has 4 nitrogen and oxygen atoms in total. The highest BCUT2D eigenvalue weighted by Crippen LogP contribution is 2.40. The number of carbonyl (C=O) groups excluding carboxylic acids is 2. The minimum Gasteiger partial charge on any atom is -0.340 e. The third-order valence-corrected chi connectivity index (χ3v) is 4.77. The summed E-state index contributed by atoms with van der Waals surface area (Å²) >= 11 is 0. The molecule has 0 aromatic heterocycles. The topological polar surface area (TPSA) is 49.4 Å². The molecule has 1 heterocycles. The fraction of sp³-hybridized carbons (Fsp3) is 0.846. The number of hydrogen-bond acceptors (Lipinski definition) is 2. The number of hydrogen-bond donors (Lipinski definition) is 1. The van der Waals surface area contributed by atoms with Crippen molar-refractivity contribution < 1.29 is 9.59 Å². The van der Waals surface area contributed by atoms with E-state index in [1.807, 2.05) is 13.8 Å². The van der Waals surface area contributed by atoms with E-state index >= 15 is 0 Å². The summed E-state index contributed by atoms with van der Waals surface area (Å²) in [4.78, 5) is 26.7. The Morgan fingerprint density at radius 3 is 2.18 bits per heavy atom. The normalized spacial score (nSPS) is 26.4. The van der Waals surface area contributed by atoms with Gasteiger partial charge < -0.3 is 10.2 Å². The fourth-order valence-electron chi connectivity index (χ4n) is 3.31. The van der Waals surface area contributed by atoms with Gasteiger partial charge in [-0.3, -0.25) is 9.59 Å². The lowest BCUT2D eigenvalue weighted by Crippen LogP contribution is -2.73. The van der Waals surface area contributed by atoms with E-state index in [0.29, 0.717) is 12.8 Å². The highest BCUT2D eigenvalue weighted by molar-refractivity contribution is 6.02. The number of likely N-dealkylation sites (N-methyl/N-ethyl adjacent to an activating group) is 1. The second-order valence-electron chi connectivity index (χ2n) is 5.35. The second kappa shape index (κ2) is 4.00. The van der Waals surface area contributed by atoms with Gasteiger partial charge >= 0.3 is 0 Å². The van der Waals surface area contributed by atoms with Crippen molar-refractivity contribution in [1.82, 2.24) is 10.2 Å². The van der Waals surface area contributed by atoms with Crippen molar-refractivity contribution in [3.8, 4) is 0 Å².